The quantitative estimate of drug-likeness (QED) is 0.127. The zero-order chi connectivity index (χ0) is 28.2. The van der Waals surface area contributed by atoms with E-state index in [2.05, 4.69) is 141 Å². The molecule has 1 fully saturated rings. The van der Waals surface area contributed by atoms with Crippen LogP contribution in [0.25, 0.3) is 0 Å². The summed E-state index contributed by atoms with van der Waals surface area (Å²) in [6.45, 7) is 14.2. The fraction of sp³-hybridized carbons (Fsp3) is 0.343. The van der Waals surface area contributed by atoms with Gasteiger partial charge in [0, 0.05) is 25.5 Å². The first-order chi connectivity index (χ1) is 19.2. The summed E-state index contributed by atoms with van der Waals surface area (Å²) >= 11 is 0. The van der Waals surface area contributed by atoms with E-state index in [-0.39, 0.29) is 11.1 Å². The Morgan fingerprint density at radius 3 is 1.80 bits per heavy atom. The first-order valence-electron chi connectivity index (χ1n) is 14.5. The van der Waals surface area contributed by atoms with Gasteiger partial charge in [0.25, 0.3) is 0 Å². The maximum absolute atomic E-state index is 7.12. The van der Waals surface area contributed by atoms with Crippen LogP contribution in [0.3, 0.4) is 0 Å². The van der Waals surface area contributed by atoms with Gasteiger partial charge in [-0.3, -0.25) is 9.58 Å². The minimum Gasteiger partial charge on any atom is -0.410 e. The Hall–Kier alpha value is -3.25. The lowest BCUT2D eigenvalue weighted by Crippen LogP contribution is -2.55. The van der Waals surface area contributed by atoms with Gasteiger partial charge in [-0.1, -0.05) is 118 Å². The average molecular weight is 550 g/mol. The molecule has 40 heavy (non-hydrogen) atoms. The van der Waals surface area contributed by atoms with Crippen LogP contribution in [0, 0.1) is 0 Å². The van der Waals surface area contributed by atoms with Gasteiger partial charge in [-0.05, 0) is 52.9 Å². The van der Waals surface area contributed by atoms with E-state index in [0.29, 0.717) is 0 Å². The summed E-state index contributed by atoms with van der Waals surface area (Å²) in [4.78, 5) is 2.67. The Balaban J connectivity index is 1.63. The standard InChI is InChI=1S/C35H43N3OSi/c1-34(2,3)40(4,5)39-33-23-26-37(28-29(33)22-27-38-25-15-24-36-38)35(30-16-9-6-10-17-30,31-18-11-7-12-19-31)32-20-13-8-14-21-32/h6-22,24-25,33H,23,26-28H2,1-5H3/b29-22+. The first-order valence-corrected chi connectivity index (χ1v) is 17.4. The monoisotopic (exact) mass is 549 g/mol. The molecule has 3 aromatic carbocycles. The topological polar surface area (TPSA) is 30.3 Å². The summed E-state index contributed by atoms with van der Waals surface area (Å²) in [6, 6.07) is 35.0. The molecule has 0 bridgehead atoms. The lowest BCUT2D eigenvalue weighted by molar-refractivity contribution is 0.0900. The van der Waals surface area contributed by atoms with Crippen molar-refractivity contribution in [2.24, 2.45) is 0 Å². The molecule has 1 aliphatic rings. The van der Waals surface area contributed by atoms with Crippen molar-refractivity contribution in [3.63, 3.8) is 0 Å². The molecular formula is C35H43N3OSi. The number of likely N-dealkylation sites (tertiary alicyclic amines) is 1. The van der Waals surface area contributed by atoms with Crippen molar-refractivity contribution in [2.45, 2.75) is 63.5 Å². The second kappa shape index (κ2) is 11.7. The molecular weight excluding hydrogens is 506 g/mol. The van der Waals surface area contributed by atoms with E-state index in [0.717, 1.165) is 26.1 Å². The average Bonchev–Trinajstić information content (AvgIpc) is 3.48. The summed E-state index contributed by atoms with van der Waals surface area (Å²) in [5.74, 6) is 0. The van der Waals surface area contributed by atoms with Gasteiger partial charge in [0.05, 0.1) is 18.2 Å². The number of rotatable bonds is 8. The second-order valence-corrected chi connectivity index (χ2v) is 17.1. The minimum absolute atomic E-state index is 0.104. The number of aromatic nitrogens is 2. The molecule has 1 aromatic heterocycles. The third-order valence-corrected chi connectivity index (χ3v) is 13.3. The normalized spacial score (nSPS) is 18.2. The van der Waals surface area contributed by atoms with Crippen molar-refractivity contribution in [1.29, 1.82) is 0 Å². The van der Waals surface area contributed by atoms with E-state index in [4.69, 9.17) is 4.43 Å². The smallest absolute Gasteiger partial charge is 0.192 e. The van der Waals surface area contributed by atoms with Crippen LogP contribution in [-0.2, 0) is 16.5 Å². The highest BCUT2D eigenvalue weighted by atomic mass is 28.4. The Morgan fingerprint density at radius 1 is 0.825 bits per heavy atom. The molecule has 5 rings (SSSR count). The summed E-state index contributed by atoms with van der Waals surface area (Å²) < 4.78 is 9.11. The molecule has 2 heterocycles. The third kappa shape index (κ3) is 5.64. The largest absolute Gasteiger partial charge is 0.410 e. The van der Waals surface area contributed by atoms with Crippen LogP contribution in [0.2, 0.25) is 18.1 Å². The first kappa shape index (κ1) is 28.3. The van der Waals surface area contributed by atoms with Crippen molar-refractivity contribution in [2.75, 3.05) is 13.1 Å². The molecule has 4 aromatic rings. The number of hydrogen-bond acceptors (Lipinski definition) is 3. The number of benzene rings is 3. The van der Waals surface area contributed by atoms with Gasteiger partial charge in [-0.2, -0.15) is 5.10 Å². The molecule has 0 amide bonds. The van der Waals surface area contributed by atoms with Crippen LogP contribution in [0.1, 0.15) is 43.9 Å². The van der Waals surface area contributed by atoms with Gasteiger partial charge >= 0.3 is 0 Å². The molecule has 5 heteroatoms. The van der Waals surface area contributed by atoms with Crippen molar-refractivity contribution in [1.82, 2.24) is 14.7 Å². The van der Waals surface area contributed by atoms with E-state index in [1.165, 1.54) is 22.3 Å². The highest BCUT2D eigenvalue weighted by Gasteiger charge is 2.46. The molecule has 1 aliphatic heterocycles. The molecule has 1 unspecified atom stereocenters. The Kier molecular flexibility index (Phi) is 8.27. The third-order valence-electron chi connectivity index (χ3n) is 8.84. The summed E-state index contributed by atoms with van der Waals surface area (Å²) in [6.07, 6.45) is 7.30. The molecule has 208 valence electrons. The van der Waals surface area contributed by atoms with Gasteiger partial charge in [0.15, 0.2) is 8.32 Å². The van der Waals surface area contributed by atoms with Crippen LogP contribution < -0.4 is 0 Å². The van der Waals surface area contributed by atoms with E-state index in [9.17, 15) is 0 Å². The van der Waals surface area contributed by atoms with E-state index >= 15 is 0 Å². The molecule has 0 aliphatic carbocycles. The summed E-state index contributed by atoms with van der Waals surface area (Å²) in [5.41, 5.74) is 4.75. The van der Waals surface area contributed by atoms with Crippen LogP contribution in [0.4, 0.5) is 0 Å². The zero-order valence-electron chi connectivity index (χ0n) is 24.6. The highest BCUT2D eigenvalue weighted by molar-refractivity contribution is 6.74. The SMILES string of the molecule is CC(C)(C)[Si](C)(C)OC1CCN(C(c2ccccc2)(c2ccccc2)c2ccccc2)C/C1=C\Cn1cccn1. The number of nitrogens with zero attached hydrogens (tertiary/aromatic N) is 3. The summed E-state index contributed by atoms with van der Waals surface area (Å²) in [5, 5.41) is 4.63. The van der Waals surface area contributed by atoms with Crippen molar-refractivity contribution < 1.29 is 4.43 Å². The Bertz CT molecular complexity index is 1280. The van der Waals surface area contributed by atoms with Crippen LogP contribution in [0.15, 0.2) is 121 Å². The lowest BCUT2D eigenvalue weighted by atomic mass is 9.74. The Morgan fingerprint density at radius 2 is 1.35 bits per heavy atom. The molecule has 1 saturated heterocycles. The van der Waals surface area contributed by atoms with Gasteiger partial charge in [-0.25, -0.2) is 0 Å². The predicted molar refractivity (Wildman–Crippen MR) is 168 cm³/mol. The van der Waals surface area contributed by atoms with Crippen LogP contribution in [0.5, 0.6) is 0 Å². The molecule has 0 N–H and O–H groups in total. The van der Waals surface area contributed by atoms with Crippen LogP contribution in [-0.4, -0.2) is 42.2 Å². The number of piperidine rings is 1. The number of hydrogen-bond donors (Lipinski definition) is 0. The van der Waals surface area contributed by atoms with Crippen LogP contribution >= 0.6 is 0 Å². The van der Waals surface area contributed by atoms with Gasteiger partial charge < -0.3 is 4.43 Å². The van der Waals surface area contributed by atoms with Gasteiger partial charge in [0.1, 0.15) is 0 Å². The Labute approximate surface area is 241 Å². The van der Waals surface area contributed by atoms with Crippen molar-refractivity contribution in [3.05, 3.63) is 138 Å². The molecule has 0 radical (unpaired) electrons. The molecule has 1 atom stereocenters. The zero-order valence-corrected chi connectivity index (χ0v) is 25.6. The van der Waals surface area contributed by atoms with E-state index in [1.807, 2.05) is 23.1 Å². The second-order valence-electron chi connectivity index (χ2n) is 12.4. The minimum atomic E-state index is -1.97. The maximum atomic E-state index is 7.12. The molecule has 0 saturated carbocycles. The van der Waals surface area contributed by atoms with Gasteiger partial charge in [0.2, 0.25) is 0 Å². The van der Waals surface area contributed by atoms with E-state index < -0.39 is 13.9 Å². The van der Waals surface area contributed by atoms with Gasteiger partial charge in [-0.15, -0.1) is 0 Å². The van der Waals surface area contributed by atoms with E-state index in [1.54, 1.807) is 0 Å². The fourth-order valence-electron chi connectivity index (χ4n) is 5.71. The van der Waals surface area contributed by atoms with Crippen molar-refractivity contribution in [3.8, 4) is 0 Å². The number of allylic oxidation sites excluding steroid dienone is 1. The highest BCUT2D eigenvalue weighted by Crippen LogP contribution is 2.45. The maximum Gasteiger partial charge on any atom is 0.192 e. The molecule has 4 nitrogen and oxygen atoms in total. The summed E-state index contributed by atoms with van der Waals surface area (Å²) in [7, 11) is -1.97. The van der Waals surface area contributed by atoms with Crippen molar-refractivity contribution >= 4 is 8.32 Å². The molecule has 0 spiro atoms. The lowest BCUT2D eigenvalue weighted by Gasteiger charge is -2.50. The predicted octanol–water partition coefficient (Wildman–Crippen LogP) is 7.90. The fourth-order valence-corrected chi connectivity index (χ4v) is 7.05.